The van der Waals surface area contributed by atoms with E-state index in [4.69, 9.17) is 0 Å². The minimum Gasteiger partial charge on any atom is -0.339 e. The Bertz CT molecular complexity index is 1140. The van der Waals surface area contributed by atoms with Crippen LogP contribution in [0.2, 0.25) is 0 Å². The molecule has 0 bridgehead atoms. The molecule has 0 spiro atoms. The molecule has 2 heterocycles. The van der Waals surface area contributed by atoms with Gasteiger partial charge in [0.25, 0.3) is 0 Å². The fourth-order valence-corrected chi connectivity index (χ4v) is 5.92. The van der Waals surface area contributed by atoms with Crippen LogP contribution in [0.5, 0.6) is 0 Å². The van der Waals surface area contributed by atoms with Gasteiger partial charge in [0.15, 0.2) is 0 Å². The van der Waals surface area contributed by atoms with Crippen molar-refractivity contribution in [1.29, 1.82) is 0 Å². The molecule has 7 nitrogen and oxygen atoms in total. The average molecular weight is 471 g/mol. The number of carbonyl (C=O) groups excluding carboxylic acids is 1. The fraction of sp³-hybridized carbons (Fsp3) is 0.304. The third kappa shape index (κ3) is 5.06. The maximum absolute atomic E-state index is 12.9. The van der Waals surface area contributed by atoms with Crippen LogP contribution in [-0.2, 0) is 20.6 Å². The molecule has 1 atom stereocenters. The number of nitrogens with zero attached hydrogens (tertiary/aromatic N) is 4. The lowest BCUT2D eigenvalue weighted by molar-refractivity contribution is -0.131. The second kappa shape index (κ2) is 9.89. The van der Waals surface area contributed by atoms with E-state index < -0.39 is 10.0 Å². The molecule has 32 heavy (non-hydrogen) atoms. The number of rotatable bonds is 7. The van der Waals surface area contributed by atoms with E-state index in [0.29, 0.717) is 36.8 Å². The minimum absolute atomic E-state index is 0.0437. The Hall–Kier alpha value is -2.62. The molecule has 0 unspecified atom stereocenters. The van der Waals surface area contributed by atoms with Gasteiger partial charge in [-0.2, -0.15) is 9.40 Å². The molecule has 9 heteroatoms. The number of carbonyl (C=O) groups is 1. The third-order valence-corrected chi connectivity index (χ3v) is 8.55. The lowest BCUT2D eigenvalue weighted by Gasteiger charge is -2.35. The number of hydrogen-bond acceptors (Lipinski definition) is 5. The van der Waals surface area contributed by atoms with Crippen molar-refractivity contribution in [3.63, 3.8) is 0 Å². The normalized spacial score (nSPS) is 16.1. The molecule has 1 aliphatic rings. The molecule has 4 rings (SSSR count). The summed E-state index contributed by atoms with van der Waals surface area (Å²) in [5.74, 6) is 0.726. The quantitative estimate of drug-likeness (QED) is 0.531. The van der Waals surface area contributed by atoms with E-state index in [0.717, 1.165) is 11.3 Å². The molecule has 168 valence electrons. The number of para-hydroxylation sites is 1. The number of sulfonamides is 1. The Morgan fingerprint density at radius 3 is 2.28 bits per heavy atom. The zero-order chi connectivity index (χ0) is 22.6. The highest BCUT2D eigenvalue weighted by Crippen LogP contribution is 2.22. The van der Waals surface area contributed by atoms with Crippen molar-refractivity contribution in [1.82, 2.24) is 19.0 Å². The van der Waals surface area contributed by atoms with Gasteiger partial charge in [-0.05, 0) is 31.2 Å². The maximum atomic E-state index is 12.9. The molecule has 1 aromatic heterocycles. The zero-order valence-electron chi connectivity index (χ0n) is 17.9. The van der Waals surface area contributed by atoms with Crippen molar-refractivity contribution in [2.45, 2.75) is 22.8 Å². The largest absolute Gasteiger partial charge is 0.339 e. The van der Waals surface area contributed by atoms with E-state index in [1.807, 2.05) is 54.3 Å². The van der Waals surface area contributed by atoms with Gasteiger partial charge in [0.05, 0.1) is 22.0 Å². The lowest BCUT2D eigenvalue weighted by Crippen LogP contribution is -2.52. The SMILES string of the molecule is C[C@H](SCc1cnn(-c2ccccc2)c1)C(=O)N1CCN(S(=O)(=O)c2ccccc2)CC1. The third-order valence-electron chi connectivity index (χ3n) is 5.44. The van der Waals surface area contributed by atoms with Crippen LogP contribution in [0.4, 0.5) is 0 Å². The number of thioether (sulfide) groups is 1. The Kier molecular flexibility index (Phi) is 6.98. The van der Waals surface area contributed by atoms with Gasteiger partial charge in [-0.3, -0.25) is 4.79 Å². The average Bonchev–Trinajstić information content (AvgIpc) is 3.32. The molecule has 1 saturated heterocycles. The van der Waals surface area contributed by atoms with Crippen LogP contribution < -0.4 is 0 Å². The first kappa shape index (κ1) is 22.6. The van der Waals surface area contributed by atoms with Gasteiger partial charge in [-0.1, -0.05) is 36.4 Å². The maximum Gasteiger partial charge on any atom is 0.243 e. The summed E-state index contributed by atoms with van der Waals surface area (Å²) in [5, 5.41) is 4.19. The van der Waals surface area contributed by atoms with E-state index in [1.165, 1.54) is 4.31 Å². The van der Waals surface area contributed by atoms with Crippen LogP contribution in [0.1, 0.15) is 12.5 Å². The first-order valence-electron chi connectivity index (χ1n) is 10.5. The highest BCUT2D eigenvalue weighted by molar-refractivity contribution is 7.99. The summed E-state index contributed by atoms with van der Waals surface area (Å²) < 4.78 is 28.8. The van der Waals surface area contributed by atoms with Crippen molar-refractivity contribution in [2.75, 3.05) is 26.2 Å². The van der Waals surface area contributed by atoms with Crippen molar-refractivity contribution in [2.24, 2.45) is 0 Å². The van der Waals surface area contributed by atoms with Crippen molar-refractivity contribution < 1.29 is 13.2 Å². The van der Waals surface area contributed by atoms with Crippen LogP contribution in [0.15, 0.2) is 78.0 Å². The van der Waals surface area contributed by atoms with Crippen molar-refractivity contribution >= 4 is 27.7 Å². The van der Waals surface area contributed by atoms with Gasteiger partial charge in [-0.15, -0.1) is 11.8 Å². The standard InChI is InChI=1S/C23H26N4O3S2/c1-19(31-18-20-16-24-27(17-20)21-8-4-2-5-9-21)23(28)25-12-14-26(15-13-25)32(29,30)22-10-6-3-7-11-22/h2-11,16-17,19H,12-15,18H2,1H3/t19-/m0/s1. The van der Waals surface area contributed by atoms with Gasteiger partial charge in [0, 0.05) is 43.7 Å². The Morgan fingerprint density at radius 2 is 1.62 bits per heavy atom. The summed E-state index contributed by atoms with van der Waals surface area (Å²) in [6.45, 7) is 3.33. The number of aromatic nitrogens is 2. The van der Waals surface area contributed by atoms with Gasteiger partial charge in [0.2, 0.25) is 15.9 Å². The summed E-state index contributed by atoms with van der Waals surface area (Å²) >= 11 is 1.57. The molecule has 1 fully saturated rings. The molecular weight excluding hydrogens is 444 g/mol. The summed E-state index contributed by atoms with van der Waals surface area (Å²) in [7, 11) is -3.52. The van der Waals surface area contributed by atoms with Crippen LogP contribution >= 0.6 is 11.8 Å². The van der Waals surface area contributed by atoms with Crippen LogP contribution in [0, 0.1) is 0 Å². The molecule has 1 amide bonds. The van der Waals surface area contributed by atoms with E-state index in [1.54, 1.807) is 47.0 Å². The van der Waals surface area contributed by atoms with E-state index in [2.05, 4.69) is 5.10 Å². The Morgan fingerprint density at radius 1 is 1.00 bits per heavy atom. The fourth-order valence-electron chi connectivity index (χ4n) is 3.60. The van der Waals surface area contributed by atoms with Gasteiger partial charge in [-0.25, -0.2) is 13.1 Å². The lowest BCUT2D eigenvalue weighted by atomic mass is 10.3. The minimum atomic E-state index is -3.52. The molecule has 0 radical (unpaired) electrons. The van der Waals surface area contributed by atoms with Crippen LogP contribution in [0.25, 0.3) is 5.69 Å². The Labute approximate surface area is 193 Å². The van der Waals surface area contributed by atoms with Crippen LogP contribution in [-0.4, -0.2) is 64.7 Å². The number of benzene rings is 2. The van der Waals surface area contributed by atoms with Crippen LogP contribution in [0.3, 0.4) is 0 Å². The molecular formula is C23H26N4O3S2. The zero-order valence-corrected chi connectivity index (χ0v) is 19.5. The molecule has 3 aromatic rings. The number of piperazine rings is 1. The molecule has 1 aliphatic heterocycles. The van der Waals surface area contributed by atoms with Gasteiger partial charge < -0.3 is 4.90 Å². The molecule has 0 N–H and O–H groups in total. The molecule has 0 aliphatic carbocycles. The second-order valence-corrected chi connectivity index (χ2v) is 10.9. The smallest absolute Gasteiger partial charge is 0.243 e. The summed E-state index contributed by atoms with van der Waals surface area (Å²) in [5.41, 5.74) is 2.05. The van der Waals surface area contributed by atoms with Gasteiger partial charge in [0.1, 0.15) is 0 Å². The Balaban J connectivity index is 1.28. The van der Waals surface area contributed by atoms with E-state index >= 15 is 0 Å². The second-order valence-electron chi connectivity index (χ2n) is 7.62. The van der Waals surface area contributed by atoms with Crippen molar-refractivity contribution in [3.8, 4) is 5.69 Å². The van der Waals surface area contributed by atoms with E-state index in [-0.39, 0.29) is 11.2 Å². The predicted octanol–water partition coefficient (Wildman–Crippen LogP) is 3.03. The number of amides is 1. The highest BCUT2D eigenvalue weighted by atomic mass is 32.2. The summed E-state index contributed by atoms with van der Waals surface area (Å²) in [6.07, 6.45) is 3.80. The topological polar surface area (TPSA) is 75.5 Å². The highest BCUT2D eigenvalue weighted by Gasteiger charge is 2.31. The van der Waals surface area contributed by atoms with Gasteiger partial charge >= 0.3 is 0 Å². The first-order valence-corrected chi connectivity index (χ1v) is 13.0. The van der Waals surface area contributed by atoms with E-state index in [9.17, 15) is 13.2 Å². The van der Waals surface area contributed by atoms with Crippen molar-refractivity contribution in [3.05, 3.63) is 78.6 Å². The molecule has 2 aromatic carbocycles. The molecule has 0 saturated carbocycles. The number of hydrogen-bond donors (Lipinski definition) is 0. The summed E-state index contributed by atoms with van der Waals surface area (Å²) in [4.78, 5) is 14.9. The monoisotopic (exact) mass is 470 g/mol. The summed E-state index contributed by atoms with van der Waals surface area (Å²) in [6, 6.07) is 18.3. The first-order chi connectivity index (χ1) is 15.4. The predicted molar refractivity (Wildman–Crippen MR) is 126 cm³/mol.